The van der Waals surface area contributed by atoms with Gasteiger partial charge in [0.05, 0.1) is 6.04 Å². The molecule has 1 aromatic heterocycles. The second-order valence-corrected chi connectivity index (χ2v) is 5.62. The molecule has 0 aliphatic carbocycles. The summed E-state index contributed by atoms with van der Waals surface area (Å²) < 4.78 is 0. The fraction of sp³-hybridized carbons (Fsp3) is 0.333. The molecule has 0 fully saturated rings. The van der Waals surface area contributed by atoms with Crippen LogP contribution >= 0.6 is 0 Å². The first-order valence-electron chi connectivity index (χ1n) is 7.19. The monoisotopic (exact) mass is 282 g/mol. The van der Waals surface area contributed by atoms with Gasteiger partial charge in [0.1, 0.15) is 0 Å². The van der Waals surface area contributed by atoms with Crippen molar-refractivity contribution in [2.24, 2.45) is 0 Å². The van der Waals surface area contributed by atoms with Crippen molar-refractivity contribution in [2.45, 2.75) is 33.4 Å². The number of carbonyl (C=O) groups is 1. The maximum absolute atomic E-state index is 12.6. The topological polar surface area (TPSA) is 33.2 Å². The second-order valence-electron chi connectivity index (χ2n) is 5.62. The number of hydrogen-bond acceptors (Lipinski definition) is 3. The summed E-state index contributed by atoms with van der Waals surface area (Å²) in [5.41, 5.74) is 4.26. The molecule has 0 aliphatic rings. The van der Waals surface area contributed by atoms with E-state index in [0.29, 0.717) is 6.54 Å². The van der Waals surface area contributed by atoms with E-state index in [0.717, 1.165) is 16.7 Å². The first-order valence-corrected chi connectivity index (χ1v) is 7.19. The van der Waals surface area contributed by atoms with Crippen LogP contribution in [0.1, 0.15) is 34.0 Å². The van der Waals surface area contributed by atoms with Gasteiger partial charge in [-0.25, -0.2) is 0 Å². The Bertz CT molecular complexity index is 622. The van der Waals surface area contributed by atoms with Gasteiger partial charge in [-0.05, 0) is 56.6 Å². The van der Waals surface area contributed by atoms with E-state index in [1.807, 2.05) is 57.4 Å². The van der Waals surface area contributed by atoms with Crippen molar-refractivity contribution in [3.63, 3.8) is 0 Å². The van der Waals surface area contributed by atoms with E-state index < -0.39 is 0 Å². The number of nitrogens with zero attached hydrogens (tertiary/aromatic N) is 2. The maximum Gasteiger partial charge on any atom is 0.179 e. The van der Waals surface area contributed by atoms with Crippen molar-refractivity contribution in [3.05, 3.63) is 65.0 Å². The van der Waals surface area contributed by atoms with E-state index in [9.17, 15) is 4.79 Å². The number of likely N-dealkylation sites (N-methyl/N-ethyl adjacent to an activating group) is 1. The standard InChI is InChI=1S/C18H22N2O/c1-13-7-8-17(10-14(13)2)18(21)15(3)20(4)12-16-6-5-9-19-11-16/h5-11,15H,12H2,1-4H3. The van der Waals surface area contributed by atoms with E-state index in [-0.39, 0.29) is 11.8 Å². The molecule has 110 valence electrons. The number of ketones is 1. The van der Waals surface area contributed by atoms with E-state index >= 15 is 0 Å². The van der Waals surface area contributed by atoms with Crippen LogP contribution in [0.5, 0.6) is 0 Å². The van der Waals surface area contributed by atoms with Crippen LogP contribution < -0.4 is 0 Å². The van der Waals surface area contributed by atoms with Gasteiger partial charge < -0.3 is 0 Å². The molecule has 0 bridgehead atoms. The average molecular weight is 282 g/mol. The molecule has 3 nitrogen and oxygen atoms in total. The lowest BCUT2D eigenvalue weighted by molar-refractivity contribution is 0.0862. The molecule has 1 aromatic carbocycles. The van der Waals surface area contributed by atoms with Crippen molar-refractivity contribution >= 4 is 5.78 Å². The van der Waals surface area contributed by atoms with Crippen molar-refractivity contribution in [1.82, 2.24) is 9.88 Å². The molecular formula is C18H22N2O. The Morgan fingerprint density at radius 2 is 2.00 bits per heavy atom. The van der Waals surface area contributed by atoms with Crippen LogP contribution in [0.15, 0.2) is 42.7 Å². The summed E-state index contributed by atoms with van der Waals surface area (Å²) in [4.78, 5) is 18.7. The third-order valence-electron chi connectivity index (χ3n) is 3.99. The van der Waals surface area contributed by atoms with Crippen LogP contribution in [-0.2, 0) is 6.54 Å². The SMILES string of the molecule is Cc1ccc(C(=O)C(C)N(C)Cc2cccnc2)cc1C. The zero-order valence-corrected chi connectivity index (χ0v) is 13.1. The smallest absolute Gasteiger partial charge is 0.179 e. The summed E-state index contributed by atoms with van der Waals surface area (Å²) in [6, 6.07) is 9.68. The Kier molecular flexibility index (Phi) is 4.86. The summed E-state index contributed by atoms with van der Waals surface area (Å²) in [5, 5.41) is 0. The van der Waals surface area contributed by atoms with Crippen LogP contribution in [0, 0.1) is 13.8 Å². The Morgan fingerprint density at radius 1 is 1.24 bits per heavy atom. The number of benzene rings is 1. The van der Waals surface area contributed by atoms with Gasteiger partial charge in [-0.15, -0.1) is 0 Å². The number of carbonyl (C=O) groups excluding carboxylic acids is 1. The lowest BCUT2D eigenvalue weighted by atomic mass is 9.99. The molecule has 0 spiro atoms. The Morgan fingerprint density at radius 3 is 2.62 bits per heavy atom. The summed E-state index contributed by atoms with van der Waals surface area (Å²) in [6.07, 6.45) is 3.59. The molecule has 0 saturated heterocycles. The van der Waals surface area contributed by atoms with Gasteiger partial charge in [0.2, 0.25) is 0 Å². The molecule has 21 heavy (non-hydrogen) atoms. The zero-order valence-electron chi connectivity index (χ0n) is 13.1. The molecule has 0 saturated carbocycles. The van der Waals surface area contributed by atoms with E-state index in [1.54, 1.807) is 6.20 Å². The van der Waals surface area contributed by atoms with Gasteiger partial charge in [0.15, 0.2) is 5.78 Å². The van der Waals surface area contributed by atoms with Crippen LogP contribution in [-0.4, -0.2) is 28.8 Å². The molecule has 2 rings (SSSR count). The van der Waals surface area contributed by atoms with Crippen LogP contribution in [0.3, 0.4) is 0 Å². The van der Waals surface area contributed by atoms with E-state index in [4.69, 9.17) is 0 Å². The third-order valence-corrected chi connectivity index (χ3v) is 3.99. The molecule has 0 N–H and O–H groups in total. The lowest BCUT2D eigenvalue weighted by Crippen LogP contribution is -2.35. The maximum atomic E-state index is 12.6. The molecule has 2 aromatic rings. The highest BCUT2D eigenvalue weighted by Gasteiger charge is 2.20. The Labute approximate surface area is 126 Å². The number of rotatable bonds is 5. The highest BCUT2D eigenvalue weighted by atomic mass is 16.1. The predicted molar refractivity (Wildman–Crippen MR) is 85.4 cm³/mol. The molecule has 0 amide bonds. The summed E-state index contributed by atoms with van der Waals surface area (Å²) in [5.74, 6) is 0.157. The number of hydrogen-bond donors (Lipinski definition) is 0. The Hall–Kier alpha value is -2.00. The van der Waals surface area contributed by atoms with Crippen molar-refractivity contribution in [3.8, 4) is 0 Å². The van der Waals surface area contributed by atoms with Gasteiger partial charge in [-0.2, -0.15) is 0 Å². The highest BCUT2D eigenvalue weighted by Crippen LogP contribution is 2.14. The van der Waals surface area contributed by atoms with Crippen molar-refractivity contribution in [2.75, 3.05) is 7.05 Å². The summed E-state index contributed by atoms with van der Waals surface area (Å²) >= 11 is 0. The third kappa shape index (κ3) is 3.76. The van der Waals surface area contributed by atoms with Gasteiger partial charge in [0.25, 0.3) is 0 Å². The quantitative estimate of drug-likeness (QED) is 0.788. The first kappa shape index (κ1) is 15.4. The number of pyridine rings is 1. The lowest BCUT2D eigenvalue weighted by Gasteiger charge is -2.23. The summed E-state index contributed by atoms with van der Waals surface area (Å²) in [7, 11) is 1.97. The van der Waals surface area contributed by atoms with Gasteiger partial charge in [-0.1, -0.05) is 18.2 Å². The van der Waals surface area contributed by atoms with E-state index in [2.05, 4.69) is 16.8 Å². The fourth-order valence-electron chi connectivity index (χ4n) is 2.25. The van der Waals surface area contributed by atoms with Crippen LogP contribution in [0.4, 0.5) is 0 Å². The number of aromatic nitrogens is 1. The zero-order chi connectivity index (χ0) is 15.4. The number of Topliss-reactive ketones (excluding diaryl/α,β-unsaturated/α-hetero) is 1. The highest BCUT2D eigenvalue weighted by molar-refractivity contribution is 6.00. The second kappa shape index (κ2) is 6.64. The summed E-state index contributed by atoms with van der Waals surface area (Å²) in [6.45, 7) is 6.76. The van der Waals surface area contributed by atoms with E-state index in [1.165, 1.54) is 5.56 Å². The molecule has 1 heterocycles. The minimum Gasteiger partial charge on any atom is -0.292 e. The first-order chi connectivity index (χ1) is 9.99. The largest absolute Gasteiger partial charge is 0.292 e. The molecule has 3 heteroatoms. The molecule has 0 radical (unpaired) electrons. The fourth-order valence-corrected chi connectivity index (χ4v) is 2.25. The molecule has 1 unspecified atom stereocenters. The predicted octanol–water partition coefficient (Wildman–Crippen LogP) is 3.40. The minimum absolute atomic E-state index is 0.157. The van der Waals surface area contributed by atoms with Crippen LogP contribution in [0.25, 0.3) is 0 Å². The van der Waals surface area contributed by atoms with Crippen molar-refractivity contribution in [1.29, 1.82) is 0 Å². The van der Waals surface area contributed by atoms with Crippen molar-refractivity contribution < 1.29 is 4.79 Å². The number of aryl methyl sites for hydroxylation is 2. The molecule has 1 atom stereocenters. The molecule has 0 aliphatic heterocycles. The normalized spacial score (nSPS) is 12.4. The van der Waals surface area contributed by atoms with Gasteiger partial charge >= 0.3 is 0 Å². The molecular weight excluding hydrogens is 260 g/mol. The van der Waals surface area contributed by atoms with Gasteiger partial charge in [-0.3, -0.25) is 14.7 Å². The van der Waals surface area contributed by atoms with Crippen LogP contribution in [0.2, 0.25) is 0 Å². The minimum atomic E-state index is -0.160. The average Bonchev–Trinajstić information content (AvgIpc) is 2.49. The Balaban J connectivity index is 2.09. The van der Waals surface area contributed by atoms with Gasteiger partial charge in [0, 0.05) is 24.5 Å².